The maximum Gasteiger partial charge on any atom is 0.214 e. The van der Waals surface area contributed by atoms with Crippen molar-refractivity contribution >= 4 is 27.5 Å². The molecule has 1 aromatic carbocycles. The van der Waals surface area contributed by atoms with Crippen LogP contribution in [0.15, 0.2) is 29.2 Å². The highest BCUT2D eigenvalue weighted by Gasteiger charge is 2.25. The average Bonchev–Trinajstić information content (AvgIpc) is 2.39. The molecule has 4 nitrogen and oxygen atoms in total. The number of hydrogen-bond acceptors (Lipinski definition) is 4. The fourth-order valence-electron chi connectivity index (χ4n) is 2.26. The van der Waals surface area contributed by atoms with E-state index in [9.17, 15) is 8.42 Å². The van der Waals surface area contributed by atoms with Gasteiger partial charge in [-0.25, -0.2) is 12.7 Å². The summed E-state index contributed by atoms with van der Waals surface area (Å²) in [6.07, 6.45) is 1.95. The molecule has 1 saturated heterocycles. The fraction of sp³-hybridized carbons (Fsp3) is 0.571. The number of benzene rings is 1. The lowest BCUT2D eigenvalue weighted by molar-refractivity contribution is 0.288. The van der Waals surface area contributed by atoms with E-state index >= 15 is 0 Å². The third-order valence-electron chi connectivity index (χ3n) is 3.60. The van der Waals surface area contributed by atoms with E-state index in [-0.39, 0.29) is 5.75 Å². The first-order valence-corrected chi connectivity index (χ1v) is 9.53. The van der Waals surface area contributed by atoms with Crippen molar-refractivity contribution in [3.05, 3.63) is 24.3 Å². The Hall–Kier alpha value is -0.720. The van der Waals surface area contributed by atoms with Crippen molar-refractivity contribution in [1.29, 1.82) is 0 Å². The van der Waals surface area contributed by atoms with E-state index < -0.39 is 10.0 Å². The first kappa shape index (κ1) is 15.7. The second-order valence-corrected chi connectivity index (χ2v) is 8.58. The largest absolute Gasteiger partial charge is 0.399 e. The Balaban J connectivity index is 1.83. The van der Waals surface area contributed by atoms with Crippen molar-refractivity contribution in [2.75, 3.05) is 30.3 Å². The molecule has 1 aliphatic rings. The van der Waals surface area contributed by atoms with Gasteiger partial charge >= 0.3 is 0 Å². The number of sulfonamides is 1. The summed E-state index contributed by atoms with van der Waals surface area (Å²) in [7, 11) is -3.11. The van der Waals surface area contributed by atoms with Crippen molar-refractivity contribution in [1.82, 2.24) is 4.31 Å². The minimum Gasteiger partial charge on any atom is -0.399 e. The van der Waals surface area contributed by atoms with Gasteiger partial charge in [0.1, 0.15) is 0 Å². The Kier molecular flexibility index (Phi) is 5.35. The van der Waals surface area contributed by atoms with Crippen LogP contribution in [-0.2, 0) is 10.0 Å². The summed E-state index contributed by atoms with van der Waals surface area (Å²) < 4.78 is 26.1. The van der Waals surface area contributed by atoms with Crippen LogP contribution in [0.4, 0.5) is 5.69 Å². The van der Waals surface area contributed by atoms with Crippen LogP contribution in [0.2, 0.25) is 0 Å². The number of rotatable bonds is 5. The van der Waals surface area contributed by atoms with E-state index in [0.29, 0.717) is 30.4 Å². The predicted molar refractivity (Wildman–Crippen MR) is 85.3 cm³/mol. The maximum atomic E-state index is 12.2. The normalized spacial score (nSPS) is 18.2. The summed E-state index contributed by atoms with van der Waals surface area (Å²) in [6.45, 7) is 3.53. The molecule has 2 rings (SSSR count). The molecule has 20 heavy (non-hydrogen) atoms. The summed E-state index contributed by atoms with van der Waals surface area (Å²) in [5.41, 5.74) is 6.42. The van der Waals surface area contributed by atoms with E-state index in [4.69, 9.17) is 5.73 Å². The lowest BCUT2D eigenvalue weighted by Gasteiger charge is -2.29. The highest BCUT2D eigenvalue weighted by atomic mass is 32.2. The zero-order chi connectivity index (χ0) is 14.6. The molecule has 0 saturated carbocycles. The number of nitrogens with two attached hydrogens (primary N) is 1. The topological polar surface area (TPSA) is 63.4 Å². The zero-order valence-electron chi connectivity index (χ0n) is 11.8. The van der Waals surface area contributed by atoms with Crippen LogP contribution in [0.1, 0.15) is 19.8 Å². The first-order valence-electron chi connectivity index (χ1n) is 6.93. The van der Waals surface area contributed by atoms with E-state index in [1.165, 1.54) is 0 Å². The standard InChI is InChI=1S/C14H22N2O2S2/c1-12-5-7-16(8-6-12)20(17,18)10-9-19-14-4-2-3-13(15)11-14/h2-4,11-12H,5-10,15H2,1H3. The molecule has 0 radical (unpaired) electrons. The molecule has 0 unspecified atom stereocenters. The highest BCUT2D eigenvalue weighted by Crippen LogP contribution is 2.22. The quantitative estimate of drug-likeness (QED) is 0.670. The molecule has 1 fully saturated rings. The van der Waals surface area contributed by atoms with Crippen LogP contribution >= 0.6 is 11.8 Å². The second-order valence-electron chi connectivity index (χ2n) is 5.32. The van der Waals surface area contributed by atoms with Gasteiger partial charge in [0.05, 0.1) is 5.75 Å². The molecule has 0 spiro atoms. The minimum atomic E-state index is -3.11. The van der Waals surface area contributed by atoms with E-state index in [1.807, 2.05) is 24.3 Å². The second kappa shape index (κ2) is 6.83. The lowest BCUT2D eigenvalue weighted by Crippen LogP contribution is -2.39. The van der Waals surface area contributed by atoms with Gasteiger partial charge in [0.15, 0.2) is 0 Å². The van der Waals surface area contributed by atoms with Crippen molar-refractivity contribution < 1.29 is 8.42 Å². The number of piperidine rings is 1. The molecule has 1 aliphatic heterocycles. The Bertz CT molecular complexity index is 538. The fourth-order valence-corrected chi connectivity index (χ4v) is 5.09. The third kappa shape index (κ3) is 4.40. The SMILES string of the molecule is CC1CCN(S(=O)(=O)CCSc2cccc(N)c2)CC1. The summed E-state index contributed by atoms with van der Waals surface area (Å²) in [5.74, 6) is 1.40. The van der Waals surface area contributed by atoms with Crippen LogP contribution in [0.25, 0.3) is 0 Å². The highest BCUT2D eigenvalue weighted by molar-refractivity contribution is 8.00. The molecular weight excluding hydrogens is 292 g/mol. The summed E-state index contributed by atoms with van der Waals surface area (Å²) in [4.78, 5) is 1.02. The molecule has 6 heteroatoms. The summed E-state index contributed by atoms with van der Waals surface area (Å²) in [6, 6.07) is 7.55. The van der Waals surface area contributed by atoms with Crippen LogP contribution < -0.4 is 5.73 Å². The molecule has 2 N–H and O–H groups in total. The molecule has 0 atom stereocenters. The van der Waals surface area contributed by atoms with E-state index in [0.717, 1.165) is 17.7 Å². The molecule has 0 aromatic heterocycles. The average molecular weight is 314 g/mol. The van der Waals surface area contributed by atoms with Gasteiger partial charge in [0.2, 0.25) is 10.0 Å². The first-order chi connectivity index (χ1) is 9.47. The number of anilines is 1. The molecule has 1 heterocycles. The smallest absolute Gasteiger partial charge is 0.214 e. The lowest BCUT2D eigenvalue weighted by atomic mass is 10.0. The number of nitrogens with zero attached hydrogens (tertiary/aromatic N) is 1. The molecule has 0 bridgehead atoms. The third-order valence-corrected chi connectivity index (χ3v) is 6.73. The number of hydrogen-bond donors (Lipinski definition) is 1. The van der Waals surface area contributed by atoms with Crippen LogP contribution in [0.5, 0.6) is 0 Å². The minimum absolute atomic E-state index is 0.195. The van der Waals surface area contributed by atoms with Gasteiger partial charge in [-0.05, 0) is 37.0 Å². The van der Waals surface area contributed by atoms with Gasteiger partial charge in [-0.3, -0.25) is 0 Å². The molecule has 112 valence electrons. The maximum absolute atomic E-state index is 12.2. The zero-order valence-corrected chi connectivity index (χ0v) is 13.4. The molecule has 0 amide bonds. The van der Waals surface area contributed by atoms with Gasteiger partial charge < -0.3 is 5.73 Å². The van der Waals surface area contributed by atoms with Crippen LogP contribution in [-0.4, -0.2) is 37.3 Å². The van der Waals surface area contributed by atoms with Crippen LogP contribution in [0.3, 0.4) is 0 Å². The molecular formula is C14H22N2O2S2. The van der Waals surface area contributed by atoms with Gasteiger partial charge in [-0.15, -0.1) is 11.8 Å². The molecule has 0 aliphatic carbocycles. The van der Waals surface area contributed by atoms with Crippen LogP contribution in [0, 0.1) is 5.92 Å². The summed E-state index contributed by atoms with van der Waals surface area (Å²) >= 11 is 1.54. The van der Waals surface area contributed by atoms with Crippen molar-refractivity contribution in [2.45, 2.75) is 24.7 Å². The number of thioether (sulfide) groups is 1. The Morgan fingerprint density at radius 3 is 2.70 bits per heavy atom. The molecule has 1 aromatic rings. The van der Waals surface area contributed by atoms with Gasteiger partial charge in [-0.1, -0.05) is 13.0 Å². The predicted octanol–water partition coefficient (Wildman–Crippen LogP) is 2.42. The van der Waals surface area contributed by atoms with E-state index in [2.05, 4.69) is 6.92 Å². The summed E-state index contributed by atoms with van der Waals surface area (Å²) in [5, 5.41) is 0. The Morgan fingerprint density at radius 2 is 2.05 bits per heavy atom. The van der Waals surface area contributed by atoms with Gasteiger partial charge in [0.25, 0.3) is 0 Å². The van der Waals surface area contributed by atoms with Crippen molar-refractivity contribution in [2.24, 2.45) is 5.92 Å². The van der Waals surface area contributed by atoms with Crippen molar-refractivity contribution in [3.8, 4) is 0 Å². The Labute approximate surface area is 125 Å². The van der Waals surface area contributed by atoms with Crippen molar-refractivity contribution in [3.63, 3.8) is 0 Å². The van der Waals surface area contributed by atoms with Gasteiger partial charge in [-0.2, -0.15) is 0 Å². The Morgan fingerprint density at radius 1 is 1.35 bits per heavy atom. The van der Waals surface area contributed by atoms with Gasteiger partial charge in [0, 0.05) is 29.4 Å². The monoisotopic (exact) mass is 314 g/mol. The number of nitrogen functional groups attached to an aromatic ring is 1. The van der Waals surface area contributed by atoms with E-state index in [1.54, 1.807) is 16.1 Å².